The Morgan fingerprint density at radius 2 is 1.76 bits per heavy atom. The first kappa shape index (κ1) is 16.7. The van der Waals surface area contributed by atoms with Crippen molar-refractivity contribution in [3.8, 4) is 11.3 Å². The summed E-state index contributed by atoms with van der Waals surface area (Å²) in [6.45, 7) is 8.59. The molecule has 2 aromatic carbocycles. The second-order valence-electron chi connectivity index (χ2n) is 5.92. The summed E-state index contributed by atoms with van der Waals surface area (Å²) in [5, 5.41) is 6.55. The lowest BCUT2D eigenvalue weighted by Crippen LogP contribution is -2.05. The minimum atomic E-state index is 0.566. The Hall–Kier alpha value is -3.14. The average molecular weight is 330 g/mol. The molecule has 0 fully saturated rings. The molecule has 3 aromatic rings. The van der Waals surface area contributed by atoms with Gasteiger partial charge in [0.25, 0.3) is 0 Å². The molecule has 4 nitrogen and oxygen atoms in total. The average Bonchev–Trinajstić information content (AvgIpc) is 2.63. The number of rotatable bonds is 6. The zero-order valence-electron chi connectivity index (χ0n) is 14.6. The first-order valence-electron chi connectivity index (χ1n) is 8.29. The molecule has 0 unspecified atom stereocenters. The third-order valence-electron chi connectivity index (χ3n) is 3.99. The van der Waals surface area contributed by atoms with Crippen molar-refractivity contribution < 1.29 is 0 Å². The zero-order valence-corrected chi connectivity index (χ0v) is 14.6. The Kier molecular flexibility index (Phi) is 5.09. The lowest BCUT2D eigenvalue weighted by atomic mass is 10.1. The molecular weight excluding hydrogens is 308 g/mol. The highest BCUT2D eigenvalue weighted by Gasteiger charge is 2.07. The van der Waals surface area contributed by atoms with Gasteiger partial charge in [0.15, 0.2) is 0 Å². The molecule has 0 saturated carbocycles. The number of anilines is 3. The van der Waals surface area contributed by atoms with Gasteiger partial charge in [-0.25, -0.2) is 4.98 Å². The van der Waals surface area contributed by atoms with E-state index in [0.29, 0.717) is 12.5 Å². The fourth-order valence-electron chi connectivity index (χ4n) is 2.48. The number of benzene rings is 2. The Bertz CT molecular complexity index is 872. The molecule has 0 aliphatic rings. The van der Waals surface area contributed by atoms with Gasteiger partial charge in [-0.15, -0.1) is 6.58 Å². The Balaban J connectivity index is 1.96. The van der Waals surface area contributed by atoms with Crippen molar-refractivity contribution >= 4 is 17.5 Å². The van der Waals surface area contributed by atoms with Crippen molar-refractivity contribution in [2.24, 2.45) is 0 Å². The van der Waals surface area contributed by atoms with Gasteiger partial charge in [-0.3, -0.25) is 0 Å². The van der Waals surface area contributed by atoms with Gasteiger partial charge >= 0.3 is 0 Å². The highest BCUT2D eigenvalue weighted by Crippen LogP contribution is 2.23. The van der Waals surface area contributed by atoms with Gasteiger partial charge in [0.1, 0.15) is 5.82 Å². The quantitative estimate of drug-likeness (QED) is 0.617. The van der Waals surface area contributed by atoms with Crippen LogP contribution in [-0.2, 0) is 0 Å². The molecule has 3 rings (SSSR count). The predicted molar refractivity (Wildman–Crippen MR) is 105 cm³/mol. The maximum Gasteiger partial charge on any atom is 0.229 e. The van der Waals surface area contributed by atoms with Crippen molar-refractivity contribution in [1.82, 2.24) is 9.97 Å². The van der Waals surface area contributed by atoms with Crippen molar-refractivity contribution in [3.63, 3.8) is 0 Å². The summed E-state index contributed by atoms with van der Waals surface area (Å²) in [7, 11) is 0. The molecule has 1 heterocycles. The summed E-state index contributed by atoms with van der Waals surface area (Å²) in [5.74, 6) is 1.33. The van der Waals surface area contributed by atoms with Crippen molar-refractivity contribution in [3.05, 3.63) is 78.4 Å². The summed E-state index contributed by atoms with van der Waals surface area (Å²) in [6.07, 6.45) is 1.81. The molecule has 2 N–H and O–H groups in total. The highest BCUT2D eigenvalue weighted by molar-refractivity contribution is 5.66. The normalized spacial score (nSPS) is 10.3. The van der Waals surface area contributed by atoms with Crippen LogP contribution in [0.3, 0.4) is 0 Å². The largest absolute Gasteiger partial charge is 0.366 e. The van der Waals surface area contributed by atoms with Gasteiger partial charge in [-0.2, -0.15) is 4.98 Å². The van der Waals surface area contributed by atoms with Crippen molar-refractivity contribution in [2.45, 2.75) is 13.8 Å². The van der Waals surface area contributed by atoms with Gasteiger partial charge in [0.2, 0.25) is 5.95 Å². The van der Waals surface area contributed by atoms with Crippen LogP contribution in [0.4, 0.5) is 17.5 Å². The Morgan fingerprint density at radius 3 is 2.48 bits per heavy atom. The molecule has 0 atom stereocenters. The third kappa shape index (κ3) is 4.23. The molecule has 4 heteroatoms. The molecule has 0 amide bonds. The summed E-state index contributed by atoms with van der Waals surface area (Å²) < 4.78 is 0. The van der Waals surface area contributed by atoms with E-state index in [1.165, 1.54) is 11.1 Å². The topological polar surface area (TPSA) is 49.8 Å². The van der Waals surface area contributed by atoms with E-state index in [4.69, 9.17) is 0 Å². The number of nitrogens with zero attached hydrogens (tertiary/aromatic N) is 2. The fourth-order valence-corrected chi connectivity index (χ4v) is 2.48. The molecule has 126 valence electrons. The van der Waals surface area contributed by atoms with E-state index in [9.17, 15) is 0 Å². The van der Waals surface area contributed by atoms with Crippen molar-refractivity contribution in [2.75, 3.05) is 17.2 Å². The minimum absolute atomic E-state index is 0.566. The molecule has 0 aliphatic heterocycles. The number of aryl methyl sites for hydroxylation is 2. The smallest absolute Gasteiger partial charge is 0.229 e. The molecular formula is C21H22N4. The lowest BCUT2D eigenvalue weighted by molar-refractivity contribution is 1.14. The first-order valence-corrected chi connectivity index (χ1v) is 8.29. The minimum Gasteiger partial charge on any atom is -0.366 e. The van der Waals surface area contributed by atoms with E-state index in [0.717, 1.165) is 22.8 Å². The summed E-state index contributed by atoms with van der Waals surface area (Å²) in [6, 6.07) is 18.3. The van der Waals surface area contributed by atoms with E-state index >= 15 is 0 Å². The third-order valence-corrected chi connectivity index (χ3v) is 3.99. The maximum absolute atomic E-state index is 4.67. The van der Waals surface area contributed by atoms with Crippen LogP contribution in [0.15, 0.2) is 67.3 Å². The molecule has 0 aliphatic carbocycles. The number of nitrogens with one attached hydrogen (secondary N) is 2. The van der Waals surface area contributed by atoms with Gasteiger partial charge in [-0.05, 0) is 37.1 Å². The van der Waals surface area contributed by atoms with E-state index < -0.39 is 0 Å². The van der Waals surface area contributed by atoms with Crippen LogP contribution in [0.2, 0.25) is 0 Å². The first-order chi connectivity index (χ1) is 12.2. The van der Waals surface area contributed by atoms with Crippen molar-refractivity contribution in [1.29, 1.82) is 0 Å². The molecule has 0 spiro atoms. The predicted octanol–water partition coefficient (Wildman–Crippen LogP) is 5.10. The van der Waals surface area contributed by atoms with E-state index in [1.54, 1.807) is 6.08 Å². The lowest BCUT2D eigenvalue weighted by Gasteiger charge is -2.11. The molecule has 0 radical (unpaired) electrons. The van der Waals surface area contributed by atoms with Crippen LogP contribution in [-0.4, -0.2) is 16.5 Å². The van der Waals surface area contributed by atoms with E-state index in [1.807, 2.05) is 42.5 Å². The standard InChI is InChI=1S/C21H22N4/c1-4-12-22-20-14-19(17-8-6-5-7-9-17)24-21(25-20)23-18-11-10-15(2)16(3)13-18/h4-11,13-14H,1,12H2,2-3H3,(H2,22,23,24,25). The molecule has 1 aromatic heterocycles. The van der Waals surface area contributed by atoms with E-state index in [-0.39, 0.29) is 0 Å². The van der Waals surface area contributed by atoms with Gasteiger partial charge in [-0.1, -0.05) is 42.5 Å². The summed E-state index contributed by atoms with van der Waals surface area (Å²) in [4.78, 5) is 9.23. The highest BCUT2D eigenvalue weighted by atomic mass is 15.1. The second kappa shape index (κ2) is 7.62. The number of aromatic nitrogens is 2. The van der Waals surface area contributed by atoms with Gasteiger partial charge in [0, 0.05) is 23.9 Å². The van der Waals surface area contributed by atoms with E-state index in [2.05, 4.69) is 53.2 Å². The van der Waals surface area contributed by atoms with Crippen LogP contribution >= 0.6 is 0 Å². The fraction of sp³-hybridized carbons (Fsp3) is 0.143. The second-order valence-corrected chi connectivity index (χ2v) is 5.92. The maximum atomic E-state index is 4.67. The summed E-state index contributed by atoms with van der Waals surface area (Å²) in [5.41, 5.74) is 5.39. The number of hydrogen-bond donors (Lipinski definition) is 2. The monoisotopic (exact) mass is 330 g/mol. The Morgan fingerprint density at radius 1 is 0.960 bits per heavy atom. The number of hydrogen-bond acceptors (Lipinski definition) is 4. The van der Waals surface area contributed by atoms with Crippen LogP contribution in [0.1, 0.15) is 11.1 Å². The Labute approximate surface area is 148 Å². The van der Waals surface area contributed by atoms with Crippen LogP contribution in [0.25, 0.3) is 11.3 Å². The molecule has 0 bridgehead atoms. The molecule has 0 saturated heterocycles. The van der Waals surface area contributed by atoms with Gasteiger partial charge in [0.05, 0.1) is 5.69 Å². The molecule has 25 heavy (non-hydrogen) atoms. The SMILES string of the molecule is C=CCNc1cc(-c2ccccc2)nc(Nc2ccc(C)c(C)c2)n1. The van der Waals surface area contributed by atoms with Crippen LogP contribution in [0, 0.1) is 13.8 Å². The summed E-state index contributed by atoms with van der Waals surface area (Å²) >= 11 is 0. The van der Waals surface area contributed by atoms with Crippen LogP contribution < -0.4 is 10.6 Å². The zero-order chi connectivity index (χ0) is 17.6. The van der Waals surface area contributed by atoms with Gasteiger partial charge < -0.3 is 10.6 Å². The van der Waals surface area contributed by atoms with Crippen LogP contribution in [0.5, 0.6) is 0 Å².